The van der Waals surface area contributed by atoms with Gasteiger partial charge in [0.2, 0.25) is 11.7 Å². The van der Waals surface area contributed by atoms with Crippen LogP contribution in [-0.4, -0.2) is 16.4 Å². The molecule has 0 aromatic heterocycles. The number of hydrogen-bond acceptors (Lipinski definition) is 4. The molecule has 1 amide bonds. The molecule has 1 aromatic rings. The maximum atomic E-state index is 13.1. The van der Waals surface area contributed by atoms with Gasteiger partial charge in [0.1, 0.15) is 0 Å². The standard InChI is InChI=1S/C12H16FN3O3/c1-3-6-12(2,14)11(17)15-8-4-5-9(13)10(7-8)16(18)19/h4-5,7H,3,6,14H2,1-2H3,(H,15,17). The first-order valence-corrected chi connectivity index (χ1v) is 5.82. The minimum atomic E-state index is -1.07. The lowest BCUT2D eigenvalue weighted by atomic mass is 9.96. The summed E-state index contributed by atoms with van der Waals surface area (Å²) in [6.45, 7) is 3.46. The highest BCUT2D eigenvalue weighted by molar-refractivity contribution is 5.97. The fraction of sp³-hybridized carbons (Fsp3) is 0.417. The maximum absolute atomic E-state index is 13.1. The Bertz CT molecular complexity index is 503. The van der Waals surface area contributed by atoms with Gasteiger partial charge in [0.05, 0.1) is 10.5 Å². The molecule has 1 unspecified atom stereocenters. The van der Waals surface area contributed by atoms with Gasteiger partial charge in [-0.25, -0.2) is 0 Å². The molecule has 104 valence electrons. The number of carbonyl (C=O) groups is 1. The highest BCUT2D eigenvalue weighted by atomic mass is 19.1. The quantitative estimate of drug-likeness (QED) is 0.632. The van der Waals surface area contributed by atoms with Gasteiger partial charge in [-0.1, -0.05) is 13.3 Å². The van der Waals surface area contributed by atoms with Gasteiger partial charge in [-0.2, -0.15) is 4.39 Å². The second kappa shape index (κ2) is 5.75. The summed E-state index contributed by atoms with van der Waals surface area (Å²) in [5.74, 6) is -1.41. The van der Waals surface area contributed by atoms with Crippen LogP contribution in [0.2, 0.25) is 0 Å². The first-order valence-electron chi connectivity index (χ1n) is 5.82. The average Bonchev–Trinajstić information content (AvgIpc) is 2.31. The van der Waals surface area contributed by atoms with Crippen molar-refractivity contribution in [1.82, 2.24) is 0 Å². The molecule has 0 fully saturated rings. The van der Waals surface area contributed by atoms with Crippen LogP contribution in [0.1, 0.15) is 26.7 Å². The molecule has 0 bridgehead atoms. The van der Waals surface area contributed by atoms with Gasteiger partial charge >= 0.3 is 5.69 Å². The van der Waals surface area contributed by atoms with E-state index in [-0.39, 0.29) is 5.69 Å². The van der Waals surface area contributed by atoms with Crippen molar-refractivity contribution in [3.8, 4) is 0 Å². The van der Waals surface area contributed by atoms with Crippen LogP contribution >= 0.6 is 0 Å². The summed E-state index contributed by atoms with van der Waals surface area (Å²) in [4.78, 5) is 21.6. The zero-order valence-corrected chi connectivity index (χ0v) is 10.8. The molecular weight excluding hydrogens is 253 g/mol. The van der Waals surface area contributed by atoms with Crippen LogP contribution in [0.25, 0.3) is 0 Å². The van der Waals surface area contributed by atoms with Crippen molar-refractivity contribution in [2.24, 2.45) is 5.73 Å². The third-order valence-corrected chi connectivity index (χ3v) is 2.69. The lowest BCUT2D eigenvalue weighted by molar-refractivity contribution is -0.387. The lowest BCUT2D eigenvalue weighted by Gasteiger charge is -2.22. The van der Waals surface area contributed by atoms with Crippen LogP contribution < -0.4 is 11.1 Å². The van der Waals surface area contributed by atoms with Crippen LogP contribution in [0.3, 0.4) is 0 Å². The van der Waals surface area contributed by atoms with Crippen molar-refractivity contribution >= 4 is 17.3 Å². The van der Waals surface area contributed by atoms with Crippen molar-refractivity contribution in [2.75, 3.05) is 5.32 Å². The molecule has 1 rings (SSSR count). The van der Waals surface area contributed by atoms with Gasteiger partial charge in [0.25, 0.3) is 0 Å². The SMILES string of the molecule is CCCC(C)(N)C(=O)Nc1ccc(F)c([N+](=O)[O-])c1. The normalized spacial score (nSPS) is 13.7. The molecule has 0 saturated carbocycles. The first-order chi connectivity index (χ1) is 8.77. The molecule has 0 heterocycles. The summed E-state index contributed by atoms with van der Waals surface area (Å²) in [5, 5.41) is 13.0. The number of rotatable bonds is 5. The molecule has 0 radical (unpaired) electrons. The molecular formula is C12H16FN3O3. The van der Waals surface area contributed by atoms with Gasteiger partial charge in [-0.3, -0.25) is 14.9 Å². The summed E-state index contributed by atoms with van der Waals surface area (Å²) < 4.78 is 13.1. The Hall–Kier alpha value is -2.02. The summed E-state index contributed by atoms with van der Waals surface area (Å²) >= 11 is 0. The number of nitro groups is 1. The minimum Gasteiger partial charge on any atom is -0.324 e. The van der Waals surface area contributed by atoms with Crippen molar-refractivity contribution < 1.29 is 14.1 Å². The third-order valence-electron chi connectivity index (χ3n) is 2.69. The van der Waals surface area contributed by atoms with Gasteiger partial charge in [0.15, 0.2) is 0 Å². The lowest BCUT2D eigenvalue weighted by Crippen LogP contribution is -2.48. The Kier molecular flexibility index (Phi) is 4.55. The van der Waals surface area contributed by atoms with E-state index in [9.17, 15) is 19.3 Å². The fourth-order valence-electron chi connectivity index (χ4n) is 1.64. The second-order valence-electron chi connectivity index (χ2n) is 4.54. The number of anilines is 1. The summed E-state index contributed by atoms with van der Waals surface area (Å²) in [5.41, 5.74) is 4.21. The first kappa shape index (κ1) is 15.0. The predicted octanol–water partition coefficient (Wildman–Crippen LogP) is 2.19. The van der Waals surface area contributed by atoms with Crippen LogP contribution in [0, 0.1) is 15.9 Å². The van der Waals surface area contributed by atoms with Gasteiger partial charge in [-0.15, -0.1) is 0 Å². The maximum Gasteiger partial charge on any atom is 0.306 e. The number of nitrogens with two attached hydrogens (primary N) is 1. The molecule has 0 saturated heterocycles. The van der Waals surface area contributed by atoms with E-state index in [0.29, 0.717) is 6.42 Å². The zero-order chi connectivity index (χ0) is 14.6. The van der Waals surface area contributed by atoms with Crippen molar-refractivity contribution in [1.29, 1.82) is 0 Å². The van der Waals surface area contributed by atoms with E-state index in [2.05, 4.69) is 5.32 Å². The summed E-state index contributed by atoms with van der Waals surface area (Å²) in [7, 11) is 0. The number of amides is 1. The van der Waals surface area contributed by atoms with E-state index in [1.807, 2.05) is 6.92 Å². The molecule has 0 spiro atoms. The number of carbonyl (C=O) groups excluding carboxylic acids is 1. The molecule has 1 aromatic carbocycles. The molecule has 0 aliphatic rings. The number of nitrogens with zero attached hydrogens (tertiary/aromatic N) is 1. The van der Waals surface area contributed by atoms with Crippen LogP contribution in [-0.2, 0) is 4.79 Å². The van der Waals surface area contributed by atoms with Crippen molar-refractivity contribution in [3.05, 3.63) is 34.1 Å². The van der Waals surface area contributed by atoms with Gasteiger partial charge in [0, 0.05) is 11.8 Å². The molecule has 6 nitrogen and oxygen atoms in total. The number of nitro benzene ring substituents is 1. The fourth-order valence-corrected chi connectivity index (χ4v) is 1.64. The highest BCUT2D eigenvalue weighted by Gasteiger charge is 2.27. The van der Waals surface area contributed by atoms with E-state index >= 15 is 0 Å². The molecule has 1 atom stereocenters. The van der Waals surface area contributed by atoms with Crippen molar-refractivity contribution in [3.63, 3.8) is 0 Å². The Morgan fingerprint density at radius 2 is 2.21 bits per heavy atom. The molecule has 7 heteroatoms. The van der Waals surface area contributed by atoms with E-state index in [1.54, 1.807) is 6.92 Å². The highest BCUT2D eigenvalue weighted by Crippen LogP contribution is 2.22. The number of halogens is 1. The predicted molar refractivity (Wildman–Crippen MR) is 69.2 cm³/mol. The largest absolute Gasteiger partial charge is 0.324 e. The third kappa shape index (κ3) is 3.72. The number of hydrogen-bond donors (Lipinski definition) is 2. The smallest absolute Gasteiger partial charge is 0.306 e. The molecule has 3 N–H and O–H groups in total. The monoisotopic (exact) mass is 269 g/mol. The Morgan fingerprint density at radius 3 is 2.74 bits per heavy atom. The van der Waals surface area contributed by atoms with Crippen LogP contribution in [0.4, 0.5) is 15.8 Å². The minimum absolute atomic E-state index is 0.144. The van der Waals surface area contributed by atoms with Crippen molar-refractivity contribution in [2.45, 2.75) is 32.2 Å². The Morgan fingerprint density at radius 1 is 1.58 bits per heavy atom. The number of nitrogens with one attached hydrogen (secondary N) is 1. The number of benzene rings is 1. The molecule has 0 aliphatic carbocycles. The van der Waals surface area contributed by atoms with Gasteiger partial charge in [-0.05, 0) is 25.5 Å². The topological polar surface area (TPSA) is 98.3 Å². The second-order valence-corrected chi connectivity index (χ2v) is 4.54. The Labute approximate surface area is 109 Å². The summed E-state index contributed by atoms with van der Waals surface area (Å²) in [6.07, 6.45) is 1.20. The van der Waals surface area contributed by atoms with E-state index < -0.39 is 27.9 Å². The van der Waals surface area contributed by atoms with E-state index in [4.69, 9.17) is 5.73 Å². The van der Waals surface area contributed by atoms with Gasteiger partial charge < -0.3 is 11.1 Å². The molecule has 19 heavy (non-hydrogen) atoms. The average molecular weight is 269 g/mol. The van der Waals surface area contributed by atoms with E-state index in [1.165, 1.54) is 6.07 Å². The zero-order valence-electron chi connectivity index (χ0n) is 10.8. The Balaban J connectivity index is 2.92. The van der Waals surface area contributed by atoms with Crippen LogP contribution in [0.5, 0.6) is 0 Å². The molecule has 0 aliphatic heterocycles. The summed E-state index contributed by atoms with van der Waals surface area (Å²) in [6, 6.07) is 3.15. The van der Waals surface area contributed by atoms with E-state index in [0.717, 1.165) is 18.6 Å². The van der Waals surface area contributed by atoms with Crippen LogP contribution in [0.15, 0.2) is 18.2 Å².